The quantitative estimate of drug-likeness (QED) is 0.711. The van der Waals surface area contributed by atoms with Gasteiger partial charge in [0.05, 0.1) is 6.61 Å². The molecule has 0 aliphatic heterocycles. The van der Waals surface area contributed by atoms with Gasteiger partial charge in [-0.3, -0.25) is 0 Å². The van der Waals surface area contributed by atoms with Crippen molar-refractivity contribution < 1.29 is 18.6 Å². The standard InChI is InChI=1S/C10H14F2O2/c1-8(7-14-2)9(13)3-5-10(11,12)6-4-9/h3,5,13H,1,4,6-7H2,2H3. The van der Waals surface area contributed by atoms with Crippen molar-refractivity contribution in [1.82, 2.24) is 0 Å². The van der Waals surface area contributed by atoms with Crippen molar-refractivity contribution in [3.63, 3.8) is 0 Å². The van der Waals surface area contributed by atoms with Crippen LogP contribution in [0.2, 0.25) is 0 Å². The summed E-state index contributed by atoms with van der Waals surface area (Å²) < 4.78 is 30.3. The Morgan fingerprint density at radius 2 is 2.14 bits per heavy atom. The number of hydrogen-bond acceptors (Lipinski definition) is 2. The van der Waals surface area contributed by atoms with Crippen LogP contribution in [0.5, 0.6) is 0 Å². The minimum atomic E-state index is -2.81. The minimum Gasteiger partial charge on any atom is -0.381 e. The van der Waals surface area contributed by atoms with Gasteiger partial charge in [-0.05, 0) is 24.1 Å². The molecule has 0 saturated heterocycles. The van der Waals surface area contributed by atoms with Crippen LogP contribution in [-0.2, 0) is 4.74 Å². The van der Waals surface area contributed by atoms with Crippen molar-refractivity contribution in [3.8, 4) is 0 Å². The summed E-state index contributed by atoms with van der Waals surface area (Å²) >= 11 is 0. The molecule has 0 aromatic rings. The fourth-order valence-corrected chi connectivity index (χ4v) is 1.38. The van der Waals surface area contributed by atoms with Crippen LogP contribution in [0.15, 0.2) is 24.3 Å². The lowest BCUT2D eigenvalue weighted by atomic mass is 9.84. The normalized spacial score (nSPS) is 30.3. The number of allylic oxidation sites excluding steroid dienone is 1. The van der Waals surface area contributed by atoms with Gasteiger partial charge in [0.2, 0.25) is 0 Å². The van der Waals surface area contributed by atoms with Gasteiger partial charge >= 0.3 is 0 Å². The molecule has 0 fully saturated rings. The molecule has 1 rings (SSSR count). The molecule has 0 spiro atoms. The number of methoxy groups -OCH3 is 1. The Kier molecular flexibility index (Phi) is 3.07. The molecule has 0 radical (unpaired) electrons. The van der Waals surface area contributed by atoms with E-state index in [2.05, 4.69) is 6.58 Å². The number of rotatable bonds is 3. The lowest BCUT2D eigenvalue weighted by Gasteiger charge is -2.32. The second kappa shape index (κ2) is 3.79. The first-order valence-electron chi connectivity index (χ1n) is 4.37. The minimum absolute atomic E-state index is 0.0152. The van der Waals surface area contributed by atoms with Gasteiger partial charge in [0.1, 0.15) is 5.60 Å². The van der Waals surface area contributed by atoms with Gasteiger partial charge in [-0.15, -0.1) is 0 Å². The zero-order valence-corrected chi connectivity index (χ0v) is 8.09. The molecule has 0 heterocycles. The Morgan fingerprint density at radius 3 is 2.57 bits per heavy atom. The third kappa shape index (κ3) is 2.39. The maximum absolute atomic E-state index is 12.7. The van der Waals surface area contributed by atoms with E-state index in [0.29, 0.717) is 5.57 Å². The largest absolute Gasteiger partial charge is 0.381 e. The summed E-state index contributed by atoms with van der Waals surface area (Å²) in [7, 11) is 1.47. The summed E-state index contributed by atoms with van der Waals surface area (Å²) in [4.78, 5) is 0. The fourth-order valence-electron chi connectivity index (χ4n) is 1.38. The molecule has 80 valence electrons. The lowest BCUT2D eigenvalue weighted by molar-refractivity contribution is -0.00247. The van der Waals surface area contributed by atoms with Gasteiger partial charge in [0.15, 0.2) is 0 Å². The summed E-state index contributed by atoms with van der Waals surface area (Å²) in [5.41, 5.74) is -0.927. The van der Waals surface area contributed by atoms with E-state index in [1.54, 1.807) is 0 Å². The van der Waals surface area contributed by atoms with Crippen molar-refractivity contribution in [2.45, 2.75) is 24.4 Å². The van der Waals surface area contributed by atoms with Crippen molar-refractivity contribution in [2.75, 3.05) is 13.7 Å². The highest BCUT2D eigenvalue weighted by Gasteiger charge is 2.38. The second-order valence-corrected chi connectivity index (χ2v) is 3.56. The van der Waals surface area contributed by atoms with Gasteiger partial charge in [0.25, 0.3) is 5.92 Å². The van der Waals surface area contributed by atoms with Gasteiger partial charge in [-0.1, -0.05) is 6.58 Å². The number of hydrogen-bond donors (Lipinski definition) is 1. The highest BCUT2D eigenvalue weighted by atomic mass is 19.3. The zero-order chi connectivity index (χ0) is 10.8. The molecule has 0 bridgehead atoms. The van der Waals surface area contributed by atoms with Crippen molar-refractivity contribution in [2.24, 2.45) is 0 Å². The predicted octanol–water partition coefficient (Wildman–Crippen LogP) is 1.91. The molecule has 0 amide bonds. The summed E-state index contributed by atoms with van der Waals surface area (Å²) in [6, 6.07) is 0. The molecule has 0 saturated carbocycles. The van der Waals surface area contributed by atoms with Crippen molar-refractivity contribution in [3.05, 3.63) is 24.3 Å². The number of alkyl halides is 2. The van der Waals surface area contributed by atoms with Gasteiger partial charge < -0.3 is 9.84 Å². The second-order valence-electron chi connectivity index (χ2n) is 3.56. The molecule has 1 aliphatic rings. The fraction of sp³-hybridized carbons (Fsp3) is 0.600. The molecule has 1 atom stereocenters. The molecular weight excluding hydrogens is 190 g/mol. The molecule has 1 aliphatic carbocycles. The van der Waals surface area contributed by atoms with E-state index in [-0.39, 0.29) is 19.4 Å². The Morgan fingerprint density at radius 1 is 1.50 bits per heavy atom. The highest BCUT2D eigenvalue weighted by Crippen LogP contribution is 2.35. The molecule has 2 nitrogen and oxygen atoms in total. The number of aliphatic hydroxyl groups is 1. The Labute approximate surface area is 81.9 Å². The zero-order valence-electron chi connectivity index (χ0n) is 8.09. The summed E-state index contributed by atoms with van der Waals surface area (Å²) in [6.45, 7) is 3.79. The Hall–Kier alpha value is -0.740. The van der Waals surface area contributed by atoms with Crippen LogP contribution < -0.4 is 0 Å². The monoisotopic (exact) mass is 204 g/mol. The summed E-state index contributed by atoms with van der Waals surface area (Å²) in [5.74, 6) is -2.81. The first kappa shape index (κ1) is 11.3. The molecular formula is C10H14F2O2. The molecule has 0 aromatic heterocycles. The third-order valence-electron chi connectivity index (χ3n) is 2.37. The first-order valence-corrected chi connectivity index (χ1v) is 4.37. The molecule has 0 aromatic carbocycles. The average Bonchev–Trinajstić information content (AvgIpc) is 2.11. The summed E-state index contributed by atoms with van der Waals surface area (Å²) in [5, 5.41) is 9.90. The average molecular weight is 204 g/mol. The number of halogens is 2. The van der Waals surface area contributed by atoms with E-state index in [4.69, 9.17) is 4.74 Å². The third-order valence-corrected chi connectivity index (χ3v) is 2.37. The van der Waals surface area contributed by atoms with E-state index in [1.807, 2.05) is 0 Å². The van der Waals surface area contributed by atoms with Crippen molar-refractivity contribution in [1.29, 1.82) is 0 Å². The van der Waals surface area contributed by atoms with Gasteiger partial charge in [-0.25, -0.2) is 8.78 Å². The van der Waals surface area contributed by atoms with Gasteiger partial charge in [-0.2, -0.15) is 0 Å². The molecule has 4 heteroatoms. The van der Waals surface area contributed by atoms with E-state index < -0.39 is 11.5 Å². The van der Waals surface area contributed by atoms with Crippen LogP contribution in [-0.4, -0.2) is 30.3 Å². The highest BCUT2D eigenvalue weighted by molar-refractivity contribution is 5.26. The van der Waals surface area contributed by atoms with Crippen LogP contribution in [0.4, 0.5) is 8.78 Å². The van der Waals surface area contributed by atoms with E-state index in [9.17, 15) is 13.9 Å². The van der Waals surface area contributed by atoms with E-state index in [0.717, 1.165) is 12.2 Å². The Bertz CT molecular complexity index is 261. The van der Waals surface area contributed by atoms with Crippen LogP contribution in [0.25, 0.3) is 0 Å². The first-order chi connectivity index (χ1) is 6.40. The maximum atomic E-state index is 12.7. The summed E-state index contributed by atoms with van der Waals surface area (Å²) in [6.07, 6.45) is 1.47. The SMILES string of the molecule is C=C(COC)C1(O)C=CC(F)(F)CC1. The topological polar surface area (TPSA) is 29.5 Å². The van der Waals surface area contributed by atoms with Crippen LogP contribution in [0.1, 0.15) is 12.8 Å². The van der Waals surface area contributed by atoms with E-state index in [1.165, 1.54) is 7.11 Å². The van der Waals surface area contributed by atoms with Crippen LogP contribution in [0.3, 0.4) is 0 Å². The van der Waals surface area contributed by atoms with Crippen molar-refractivity contribution >= 4 is 0 Å². The molecule has 1 unspecified atom stereocenters. The van der Waals surface area contributed by atoms with Crippen LogP contribution >= 0.6 is 0 Å². The van der Waals surface area contributed by atoms with Crippen LogP contribution in [0, 0.1) is 0 Å². The lowest BCUT2D eigenvalue weighted by Crippen LogP contribution is -2.36. The Balaban J connectivity index is 2.74. The number of ether oxygens (including phenoxy) is 1. The predicted molar refractivity (Wildman–Crippen MR) is 49.3 cm³/mol. The maximum Gasteiger partial charge on any atom is 0.266 e. The van der Waals surface area contributed by atoms with E-state index >= 15 is 0 Å². The molecule has 1 N–H and O–H groups in total. The smallest absolute Gasteiger partial charge is 0.266 e. The van der Waals surface area contributed by atoms with Gasteiger partial charge in [0, 0.05) is 13.5 Å². The molecule has 14 heavy (non-hydrogen) atoms.